The van der Waals surface area contributed by atoms with Gasteiger partial charge in [-0.05, 0) is 187 Å². The minimum atomic E-state index is -0.488. The fourth-order valence-corrected chi connectivity index (χ4v) is 20.2. The monoisotopic (exact) mass is 2750 g/mol. The Labute approximate surface area is 1050 Å². The molecule has 0 saturated carbocycles. The van der Waals surface area contributed by atoms with E-state index in [2.05, 4.69) is 155 Å². The minimum Gasteiger partial charge on any atom is -1.00 e. The molecule has 28 nitrogen and oxygen atoms in total. The molecule has 0 unspecified atom stereocenters. The SMILES string of the molecule is Br.C.C.C.CN(C)c1ccc(-c2cn3c(n2)sc2cc(OCCF)ccc23)cc1.CN(C)c1ccc(C(=O)CBr)cc1.COc1ccc2nc(N)sc2c1.FCCBr.FCCOc1ccc2c(c1)sc1nc(-c3ccco3)cn12.FCCOc1ccc2c(c1)sc1nc(-c3cccs3)cn12.Nc1nc2ccc(O)cc2s1.Nc1nc2ccc(OCCF)cc2s1.O=C(CBr)c1ccoc1.O=C(CBr)c1ccsc1.O=CO[O-].[Cs+].[Cs+].[H-]. The van der Waals surface area contributed by atoms with Crippen LogP contribution < -0.4 is 194 Å². The molecule has 0 aliphatic carbocycles. The number of hydrogen-bond donors (Lipinski definition) is 4. The Morgan fingerprint density at radius 3 is 1.25 bits per heavy atom. The number of furan rings is 2. The van der Waals surface area contributed by atoms with Gasteiger partial charge in [-0.15, -0.1) is 28.3 Å². The fraction of sp³-hybridized carbons (Fsp3) is 0.208. The van der Waals surface area contributed by atoms with Crippen LogP contribution in [-0.4, -0.2) is 188 Å². The molecule has 7 N–H and O–H groups in total. The maximum absolute atomic E-state index is 12.2. The van der Waals surface area contributed by atoms with E-state index >= 15 is 0 Å². The number of halogens is 10. The van der Waals surface area contributed by atoms with Gasteiger partial charge in [0.05, 0.1) is 120 Å². The van der Waals surface area contributed by atoms with Gasteiger partial charge in [0.2, 0.25) is 0 Å². The number of anilines is 5. The maximum atomic E-state index is 12.2. The van der Waals surface area contributed by atoms with E-state index in [0.717, 1.165) is 133 Å². The van der Waals surface area contributed by atoms with Gasteiger partial charge in [-0.25, -0.2) is 47.5 Å². The molecule has 0 aliphatic heterocycles. The molecule has 782 valence electrons. The number of carbonyl (C=O) groups is 4. The van der Waals surface area contributed by atoms with E-state index in [4.69, 9.17) is 69.9 Å². The Hall–Kier alpha value is -7.93. The number of nitrogen functional groups attached to an aromatic ring is 3. The minimum absolute atomic E-state index is 0. The smallest absolute Gasteiger partial charge is 1.00 e. The molecule has 0 atom stereocenters. The Balaban J connectivity index is 0.000000352. The number of aromatic hydroxyl groups is 1. The summed E-state index contributed by atoms with van der Waals surface area (Å²) >= 11 is 24.4. The average Bonchev–Trinajstić information content (AvgIpc) is 1.62. The molecular formula is C101H104Br5Cs2F5N14O14S8. The van der Waals surface area contributed by atoms with Gasteiger partial charge < -0.3 is 76.2 Å². The summed E-state index contributed by atoms with van der Waals surface area (Å²) in [6.45, 7) is -2.03. The molecule has 21 rings (SSSR count). The van der Waals surface area contributed by atoms with E-state index in [1.165, 1.54) is 51.4 Å². The molecule has 48 heteroatoms. The van der Waals surface area contributed by atoms with Crippen molar-refractivity contribution in [2.75, 3.05) is 143 Å². The van der Waals surface area contributed by atoms with Gasteiger partial charge in [-0.3, -0.25) is 36.8 Å². The van der Waals surface area contributed by atoms with Crippen LogP contribution in [0.4, 0.5) is 48.7 Å². The van der Waals surface area contributed by atoms with Gasteiger partial charge in [-0.1, -0.05) is 172 Å². The number of nitrogens with zero attached hydrogens (tertiary/aromatic N) is 11. The van der Waals surface area contributed by atoms with Crippen LogP contribution in [0.2, 0.25) is 0 Å². The number of rotatable bonds is 26. The zero-order chi connectivity index (χ0) is 102. The van der Waals surface area contributed by atoms with Crippen LogP contribution in [0.5, 0.6) is 34.5 Å². The van der Waals surface area contributed by atoms with E-state index < -0.39 is 26.7 Å². The molecule has 13 heterocycles. The van der Waals surface area contributed by atoms with Crippen LogP contribution in [0.1, 0.15) is 54.8 Å². The summed E-state index contributed by atoms with van der Waals surface area (Å²) in [5, 5.41) is 26.6. The van der Waals surface area contributed by atoms with Crippen molar-refractivity contribution < 1.29 is 228 Å². The number of thiophene rings is 2. The fourth-order valence-electron chi connectivity index (χ4n) is 12.5. The molecule has 0 aliphatic rings. The van der Waals surface area contributed by atoms with E-state index in [1.54, 1.807) is 100 Å². The third kappa shape index (κ3) is 39.5. The summed E-state index contributed by atoms with van der Waals surface area (Å²) in [6.07, 6.45) is 10.6. The predicted octanol–water partition coefficient (Wildman–Crippen LogP) is 22.0. The summed E-state index contributed by atoms with van der Waals surface area (Å²) in [5.41, 5.74) is 30.7. The second kappa shape index (κ2) is 69.1. The van der Waals surface area contributed by atoms with Crippen LogP contribution in [0.3, 0.4) is 0 Å². The number of aromatic nitrogens is 9. The first-order valence-corrected chi connectivity index (χ1v) is 53.6. The average molecular weight is 2750 g/mol. The number of thiazole rings is 6. The van der Waals surface area contributed by atoms with Crippen molar-refractivity contribution in [3.8, 4) is 67.8 Å². The number of fused-ring (bicyclic) bond motifs is 12. The van der Waals surface area contributed by atoms with Gasteiger partial charge in [0, 0.05) is 85.6 Å². The summed E-state index contributed by atoms with van der Waals surface area (Å²) in [7, 11) is 9.65. The van der Waals surface area contributed by atoms with E-state index in [9.17, 15) is 36.3 Å². The Morgan fingerprint density at radius 1 is 0.463 bits per heavy atom. The van der Waals surface area contributed by atoms with Crippen molar-refractivity contribution in [1.82, 2.24) is 43.1 Å². The van der Waals surface area contributed by atoms with E-state index in [0.29, 0.717) is 65.3 Å². The van der Waals surface area contributed by atoms with Crippen molar-refractivity contribution in [3.05, 3.63) is 264 Å². The number of imidazole rings is 3. The first-order valence-electron chi connectivity index (χ1n) is 42.4. The molecule has 0 radical (unpaired) electrons. The van der Waals surface area contributed by atoms with Gasteiger partial charge in [0.1, 0.15) is 105 Å². The quantitative estimate of drug-likeness (QED) is 0.00977. The molecule has 149 heavy (non-hydrogen) atoms. The molecule has 0 fully saturated rings. The molecule has 0 amide bonds. The van der Waals surface area contributed by atoms with Crippen LogP contribution in [0, 0.1) is 0 Å². The van der Waals surface area contributed by atoms with Gasteiger partial charge in [0.25, 0.3) is 6.47 Å². The zero-order valence-corrected chi connectivity index (χ0v) is 106. The van der Waals surface area contributed by atoms with Gasteiger partial charge in [0.15, 0.2) is 53.4 Å². The van der Waals surface area contributed by atoms with Crippen molar-refractivity contribution >= 4 is 298 Å². The standard InChI is InChI=1S/C19H18FN3OS.C15H11FN2O2S.C15H11FN2OS2.C10H12BrNO.C9H9FN2OS.C8H8N2OS.C7H6N2OS.C6H5BrO2.C6H5BrOS.C2H4BrF.CH2O3.3CH4.BrH.2Cs.H/c1-22(2)14-5-3-13(4-6-14)16-12-23-17-8-7-15(24-10-9-20)11-18(17)25-19(23)21-16;16-5-7-19-10-3-4-12-14(8-10)21-15-17-11(9-18(12)15)13-2-1-6-20-13;16-5-6-19-10-3-4-12-14(8-10)21-15-17-11(9-18(12)15)13-2-1-7-20-13;1-12(2)9-5-3-8(4-6-9)10(13)7-11;10-3-4-13-6-1-2-7-8(5-6)14-9(11)12-7;1-11-5-2-3-6-7(4-5)12-8(9)10-6;8-7-9-5-2-1-4(10)3-6(5)11-7;2*7-3-6(8)5-1-2-9-4-5;3-1-2-4;2-1-4-3;;;;;;;/h3-8,11-12H,9-10H2,1-2H3;1-4,6,8-9H,5,7H2;1-4,7-9H,5-6H2;3-6H,7H2,1-2H3;1-2,5H,3-4H2,(H2,11,12);2-4H,1H3,(H2,9,10);1-3,10H,(H2,8,9);2*1-2,4H,3H2;1-2H2;1,3H;3*1H4;1H;;;/q;;;;;;;;;;;;;;;2*+1;-1/p-1. The zero-order valence-electron chi connectivity index (χ0n) is 79.9. The Kier molecular flexibility index (Phi) is 61.0. The summed E-state index contributed by atoms with van der Waals surface area (Å²) in [5.74, 6) is 4.87. The summed E-state index contributed by atoms with van der Waals surface area (Å²) < 4.78 is 108. The first-order chi connectivity index (χ1) is 69.3. The number of hydrogen-bond acceptors (Lipinski definition) is 33. The topological polar surface area (TPSA) is 368 Å². The van der Waals surface area contributed by atoms with Crippen LogP contribution in [-0.2, 0) is 9.68 Å². The molecule has 21 aromatic rings. The number of nitrogens with two attached hydrogens (primary N) is 3. The molecule has 0 spiro atoms. The third-order valence-electron chi connectivity index (χ3n) is 19.1. The number of alkyl halides is 9. The normalized spacial score (nSPS) is 10.1. The first kappa shape index (κ1) is 132. The van der Waals surface area contributed by atoms with E-state index in [-0.39, 0.29) is 241 Å². The van der Waals surface area contributed by atoms with Crippen molar-refractivity contribution in [1.29, 1.82) is 0 Å². The molecular weight excluding hydrogens is 2650 g/mol. The number of ketones is 3. The van der Waals surface area contributed by atoms with Crippen molar-refractivity contribution in [2.45, 2.75) is 22.3 Å². The van der Waals surface area contributed by atoms with Crippen LogP contribution in [0.25, 0.3) is 109 Å². The largest absolute Gasteiger partial charge is 1.00 e. The number of benzene rings is 8. The Bertz CT molecular complexity index is 7350. The number of carbonyl (C=O) groups excluding carboxylic acids is 4. The molecule has 0 bridgehead atoms. The second-order valence-electron chi connectivity index (χ2n) is 29.1. The predicted molar refractivity (Wildman–Crippen MR) is 615 cm³/mol. The number of phenols is 1. The molecule has 8 aromatic carbocycles. The van der Waals surface area contributed by atoms with Crippen LogP contribution in [0.15, 0.2) is 256 Å². The maximum Gasteiger partial charge on any atom is 1.00 e. The molecule has 13 aromatic heterocycles. The number of methoxy groups -OCH3 is 1. The number of phenolic OH excluding ortho intramolecular Hbond substituents is 1. The molecule has 0 saturated heterocycles. The third-order valence-corrected chi connectivity index (χ3v) is 28.0. The van der Waals surface area contributed by atoms with Crippen LogP contribution >= 0.6 is 171 Å². The summed E-state index contributed by atoms with van der Waals surface area (Å²) in [6, 6.07) is 60.7. The number of Topliss-reactive ketones (excluding diaryl/α,β-unsaturated/α-hetero) is 3. The van der Waals surface area contributed by atoms with E-state index in [1.807, 2.05) is 188 Å². The Morgan fingerprint density at radius 2 is 0.859 bits per heavy atom. The summed E-state index contributed by atoms with van der Waals surface area (Å²) in [4.78, 5) is 78.4. The van der Waals surface area contributed by atoms with Gasteiger partial charge >= 0.3 is 138 Å². The van der Waals surface area contributed by atoms with Gasteiger partial charge in [-0.2, -0.15) is 11.3 Å². The second-order valence-corrected chi connectivity index (χ2v) is 39.5. The number of ether oxygens (including phenoxy) is 5. The van der Waals surface area contributed by atoms with Crippen molar-refractivity contribution in [3.63, 3.8) is 0 Å². The van der Waals surface area contributed by atoms with Crippen molar-refractivity contribution in [2.24, 2.45) is 0 Å².